The van der Waals surface area contributed by atoms with Gasteiger partial charge in [0.05, 0.1) is 5.69 Å². The number of nitrogens with one attached hydrogen (secondary N) is 1. The maximum Gasteiger partial charge on any atom is 0.223 e. The van der Waals surface area contributed by atoms with Crippen molar-refractivity contribution < 1.29 is 14.1 Å². The van der Waals surface area contributed by atoms with Crippen molar-refractivity contribution in [3.8, 4) is 0 Å². The monoisotopic (exact) mass is 293 g/mol. The number of amides is 2. The van der Waals surface area contributed by atoms with Gasteiger partial charge < -0.3 is 14.7 Å². The Balaban J connectivity index is 1.74. The van der Waals surface area contributed by atoms with Crippen molar-refractivity contribution in [2.24, 2.45) is 5.92 Å². The average molecular weight is 293 g/mol. The predicted molar refractivity (Wildman–Crippen MR) is 77.7 cm³/mol. The molecule has 1 N–H and O–H groups in total. The van der Waals surface area contributed by atoms with E-state index in [9.17, 15) is 9.59 Å². The van der Waals surface area contributed by atoms with E-state index in [1.54, 1.807) is 11.8 Å². The quantitative estimate of drug-likeness (QED) is 0.905. The van der Waals surface area contributed by atoms with Crippen molar-refractivity contribution in [3.63, 3.8) is 0 Å². The minimum absolute atomic E-state index is 0.0188. The lowest BCUT2D eigenvalue weighted by atomic mass is 9.96. The van der Waals surface area contributed by atoms with Crippen LogP contribution in [-0.4, -0.2) is 41.5 Å². The van der Waals surface area contributed by atoms with Gasteiger partial charge in [0.15, 0.2) is 0 Å². The highest BCUT2D eigenvalue weighted by Crippen LogP contribution is 2.17. The minimum atomic E-state index is 0.0188. The SMILES string of the molecule is CC(=O)N1CCC(C(=O)NCCc2c(C)noc2C)CC1. The van der Waals surface area contributed by atoms with Crippen molar-refractivity contribution in [1.82, 2.24) is 15.4 Å². The van der Waals surface area contributed by atoms with Gasteiger partial charge in [-0.3, -0.25) is 9.59 Å². The van der Waals surface area contributed by atoms with Crippen LogP contribution >= 0.6 is 0 Å². The van der Waals surface area contributed by atoms with Gasteiger partial charge in [0.2, 0.25) is 11.8 Å². The zero-order valence-corrected chi connectivity index (χ0v) is 12.9. The molecule has 0 atom stereocenters. The Bertz CT molecular complexity index is 497. The number of carbonyl (C=O) groups is 2. The number of carbonyl (C=O) groups excluding carboxylic acids is 2. The van der Waals surface area contributed by atoms with Crippen LogP contribution in [0.1, 0.15) is 36.8 Å². The standard InChI is InChI=1S/C15H23N3O3/c1-10-14(11(2)21-17-10)4-7-16-15(20)13-5-8-18(9-6-13)12(3)19/h13H,4-9H2,1-3H3,(H,16,20). The summed E-state index contributed by atoms with van der Waals surface area (Å²) in [6.45, 7) is 7.31. The molecular weight excluding hydrogens is 270 g/mol. The summed E-state index contributed by atoms with van der Waals surface area (Å²) in [4.78, 5) is 25.2. The topological polar surface area (TPSA) is 75.4 Å². The molecule has 1 saturated heterocycles. The molecule has 116 valence electrons. The number of aromatic nitrogens is 1. The molecular formula is C15H23N3O3. The third kappa shape index (κ3) is 3.83. The summed E-state index contributed by atoms with van der Waals surface area (Å²) >= 11 is 0. The van der Waals surface area contributed by atoms with E-state index < -0.39 is 0 Å². The van der Waals surface area contributed by atoms with Crippen LogP contribution < -0.4 is 5.32 Å². The van der Waals surface area contributed by atoms with Crippen LogP contribution in [0.15, 0.2) is 4.52 Å². The number of piperidine rings is 1. The lowest BCUT2D eigenvalue weighted by molar-refractivity contribution is -0.133. The van der Waals surface area contributed by atoms with E-state index in [-0.39, 0.29) is 17.7 Å². The van der Waals surface area contributed by atoms with Crippen LogP contribution in [0, 0.1) is 19.8 Å². The van der Waals surface area contributed by atoms with Crippen molar-refractivity contribution in [2.75, 3.05) is 19.6 Å². The molecule has 0 saturated carbocycles. The Hall–Kier alpha value is -1.85. The summed E-state index contributed by atoms with van der Waals surface area (Å²) in [6, 6.07) is 0. The van der Waals surface area contributed by atoms with Crippen LogP contribution in [0.4, 0.5) is 0 Å². The fraction of sp³-hybridized carbons (Fsp3) is 0.667. The minimum Gasteiger partial charge on any atom is -0.361 e. The van der Waals surface area contributed by atoms with Crippen molar-refractivity contribution in [3.05, 3.63) is 17.0 Å². The summed E-state index contributed by atoms with van der Waals surface area (Å²) in [7, 11) is 0. The molecule has 0 unspecified atom stereocenters. The summed E-state index contributed by atoms with van der Waals surface area (Å²) in [6.07, 6.45) is 2.23. The number of aryl methyl sites for hydroxylation is 2. The Kier molecular flexibility index (Phi) is 4.98. The van der Waals surface area contributed by atoms with Gasteiger partial charge >= 0.3 is 0 Å². The molecule has 1 fully saturated rings. The fourth-order valence-electron chi connectivity index (χ4n) is 2.77. The molecule has 2 amide bonds. The van der Waals surface area contributed by atoms with Crippen molar-refractivity contribution >= 4 is 11.8 Å². The largest absolute Gasteiger partial charge is 0.361 e. The molecule has 1 aliphatic heterocycles. The van der Waals surface area contributed by atoms with Crippen LogP contribution in [0.5, 0.6) is 0 Å². The maximum atomic E-state index is 12.1. The number of nitrogens with zero attached hydrogens (tertiary/aromatic N) is 2. The van der Waals surface area contributed by atoms with E-state index in [1.807, 2.05) is 13.8 Å². The predicted octanol–water partition coefficient (Wildman–Crippen LogP) is 1.21. The van der Waals surface area contributed by atoms with Gasteiger partial charge in [-0.15, -0.1) is 0 Å². The smallest absolute Gasteiger partial charge is 0.223 e. The molecule has 1 aliphatic rings. The molecule has 21 heavy (non-hydrogen) atoms. The second-order valence-corrected chi connectivity index (χ2v) is 5.62. The zero-order valence-electron chi connectivity index (χ0n) is 12.9. The van der Waals surface area contributed by atoms with E-state index in [4.69, 9.17) is 4.52 Å². The Morgan fingerprint density at radius 3 is 2.52 bits per heavy atom. The second-order valence-electron chi connectivity index (χ2n) is 5.62. The first-order valence-electron chi connectivity index (χ1n) is 7.44. The molecule has 0 aromatic carbocycles. The molecule has 6 heteroatoms. The highest BCUT2D eigenvalue weighted by atomic mass is 16.5. The third-order valence-electron chi connectivity index (χ3n) is 4.17. The highest BCUT2D eigenvalue weighted by Gasteiger charge is 2.25. The van der Waals surface area contributed by atoms with Crippen LogP contribution in [-0.2, 0) is 16.0 Å². The van der Waals surface area contributed by atoms with Gasteiger partial charge in [-0.1, -0.05) is 5.16 Å². The first kappa shape index (κ1) is 15.5. The van der Waals surface area contributed by atoms with Gasteiger partial charge in [0.1, 0.15) is 5.76 Å². The van der Waals surface area contributed by atoms with Crippen LogP contribution in [0.25, 0.3) is 0 Å². The fourth-order valence-corrected chi connectivity index (χ4v) is 2.77. The lowest BCUT2D eigenvalue weighted by Gasteiger charge is -2.30. The maximum absolute atomic E-state index is 12.1. The van der Waals surface area contributed by atoms with Gasteiger partial charge in [-0.2, -0.15) is 0 Å². The molecule has 1 aromatic heterocycles. The number of hydrogen-bond acceptors (Lipinski definition) is 4. The number of hydrogen-bond donors (Lipinski definition) is 1. The summed E-state index contributed by atoms with van der Waals surface area (Å²) in [5, 5.41) is 6.88. The van der Waals surface area contributed by atoms with Crippen LogP contribution in [0.3, 0.4) is 0 Å². The summed E-state index contributed by atoms with van der Waals surface area (Å²) in [5.74, 6) is 1.01. The number of likely N-dealkylation sites (tertiary alicyclic amines) is 1. The number of rotatable bonds is 4. The molecule has 2 rings (SSSR count). The normalized spacial score (nSPS) is 16.0. The molecule has 2 heterocycles. The van der Waals surface area contributed by atoms with Gasteiger partial charge in [0.25, 0.3) is 0 Å². The Morgan fingerprint density at radius 1 is 1.33 bits per heavy atom. The van der Waals surface area contributed by atoms with Gasteiger partial charge in [-0.25, -0.2) is 0 Å². The van der Waals surface area contributed by atoms with E-state index in [0.29, 0.717) is 19.6 Å². The lowest BCUT2D eigenvalue weighted by Crippen LogP contribution is -2.42. The average Bonchev–Trinajstić information content (AvgIpc) is 2.79. The first-order valence-corrected chi connectivity index (χ1v) is 7.44. The van der Waals surface area contributed by atoms with Crippen LogP contribution in [0.2, 0.25) is 0 Å². The van der Waals surface area contributed by atoms with E-state index in [2.05, 4.69) is 10.5 Å². The molecule has 0 spiro atoms. The van der Waals surface area contributed by atoms with Crippen molar-refractivity contribution in [1.29, 1.82) is 0 Å². The van der Waals surface area contributed by atoms with Gasteiger partial charge in [-0.05, 0) is 33.1 Å². The van der Waals surface area contributed by atoms with E-state index >= 15 is 0 Å². The molecule has 0 radical (unpaired) electrons. The Labute approximate surface area is 124 Å². The highest BCUT2D eigenvalue weighted by molar-refractivity contribution is 5.79. The second kappa shape index (κ2) is 6.74. The first-order chi connectivity index (χ1) is 9.99. The Morgan fingerprint density at radius 2 is 2.00 bits per heavy atom. The molecule has 0 bridgehead atoms. The molecule has 6 nitrogen and oxygen atoms in total. The summed E-state index contributed by atoms with van der Waals surface area (Å²) in [5.41, 5.74) is 1.96. The molecule has 0 aliphatic carbocycles. The molecule has 1 aromatic rings. The zero-order chi connectivity index (χ0) is 15.4. The third-order valence-corrected chi connectivity index (χ3v) is 4.17. The van der Waals surface area contributed by atoms with Gasteiger partial charge in [0, 0.05) is 38.0 Å². The van der Waals surface area contributed by atoms with Crippen molar-refractivity contribution in [2.45, 2.75) is 40.0 Å². The summed E-state index contributed by atoms with van der Waals surface area (Å²) < 4.78 is 5.10. The van der Waals surface area contributed by atoms with E-state index in [1.165, 1.54) is 0 Å². The van der Waals surface area contributed by atoms with E-state index in [0.717, 1.165) is 36.3 Å².